The van der Waals surface area contributed by atoms with Gasteiger partial charge in [-0.3, -0.25) is 9.59 Å². The number of carbonyl (C=O) groups is 2. The molecule has 0 aliphatic carbocycles. The first-order chi connectivity index (χ1) is 3.13. The maximum Gasteiger partial charge on any atom is 0.314 e. The molecule has 5 heteroatoms. The molecular weight excluding hydrogens is 279 g/mol. The average molecular weight is 283 g/mol. The monoisotopic (exact) mass is 284 g/mol. The molecule has 0 aliphatic heterocycles. The molecule has 44 valence electrons. The average Bonchev–Trinajstić information content (AvgIpc) is 1.27. The van der Waals surface area contributed by atoms with Crippen LogP contribution in [0.25, 0.3) is 0 Å². The minimum absolute atomic E-state index is 0. The van der Waals surface area contributed by atoms with Crippen LogP contribution in [0.1, 0.15) is 6.42 Å². The van der Waals surface area contributed by atoms with Gasteiger partial charge in [-0.2, -0.15) is 0 Å². The van der Waals surface area contributed by atoms with Crippen LogP contribution in [0.4, 0.5) is 0 Å². The van der Waals surface area contributed by atoms with Crippen LogP contribution in [0, 0.1) is 0 Å². The Kier molecular flexibility index (Phi) is 6.65. The van der Waals surface area contributed by atoms with Gasteiger partial charge in [-0.1, -0.05) is 0 Å². The summed E-state index contributed by atoms with van der Waals surface area (Å²) in [5, 5.41) is 15.4. The molecule has 0 saturated heterocycles. The number of rotatable bonds is 2. The van der Waals surface area contributed by atoms with E-state index in [2.05, 4.69) is 0 Å². The van der Waals surface area contributed by atoms with Crippen LogP contribution < -0.4 is 0 Å². The Morgan fingerprint density at radius 3 is 1.38 bits per heavy atom. The molecule has 0 aromatic rings. The third kappa shape index (κ3) is 9.26. The summed E-state index contributed by atoms with van der Waals surface area (Å²) in [4.78, 5) is 18.9. The molecule has 0 spiro atoms. The summed E-state index contributed by atoms with van der Waals surface area (Å²) in [7, 11) is 0. The molecule has 0 unspecified atom stereocenters. The number of carboxylic acids is 2. The van der Waals surface area contributed by atoms with Crippen LogP contribution in [0.2, 0.25) is 0 Å². The van der Waals surface area contributed by atoms with E-state index in [0.29, 0.717) is 0 Å². The number of carboxylic acid groups (broad SMARTS) is 2. The number of hydrogen-bond acceptors (Lipinski definition) is 2. The van der Waals surface area contributed by atoms with Crippen molar-refractivity contribution in [1.29, 1.82) is 0 Å². The summed E-state index contributed by atoms with van der Waals surface area (Å²) in [6.07, 6.45) is -0.806. The van der Waals surface area contributed by atoms with Crippen LogP contribution in [0.5, 0.6) is 0 Å². The molecule has 0 bridgehead atoms. The predicted molar refractivity (Wildman–Crippen MR) is 19.9 cm³/mol. The first-order valence-electron chi connectivity index (χ1n) is 1.56. The second kappa shape index (κ2) is 4.96. The van der Waals surface area contributed by atoms with E-state index < -0.39 is 18.4 Å². The fourth-order valence-electron chi connectivity index (χ4n) is 0.129. The third-order valence-corrected chi connectivity index (χ3v) is 0.302. The molecular formula is C3H4HfO4. The van der Waals surface area contributed by atoms with Gasteiger partial charge in [0.15, 0.2) is 0 Å². The number of hydrogen-bond donors (Lipinski definition) is 2. The Morgan fingerprint density at radius 1 is 1.12 bits per heavy atom. The summed E-state index contributed by atoms with van der Waals surface area (Å²) < 4.78 is 0. The molecule has 2 N–H and O–H groups in total. The molecule has 0 aromatic carbocycles. The third-order valence-electron chi connectivity index (χ3n) is 0.302. The Balaban J connectivity index is 0. The van der Waals surface area contributed by atoms with Gasteiger partial charge >= 0.3 is 11.9 Å². The van der Waals surface area contributed by atoms with Crippen LogP contribution in [-0.4, -0.2) is 22.2 Å². The molecule has 0 aliphatic rings. The Morgan fingerprint density at radius 2 is 1.38 bits per heavy atom. The van der Waals surface area contributed by atoms with E-state index in [1.807, 2.05) is 0 Å². The van der Waals surface area contributed by atoms with Crippen molar-refractivity contribution in [2.24, 2.45) is 0 Å². The smallest absolute Gasteiger partial charge is 0.314 e. The Labute approximate surface area is 64.3 Å². The van der Waals surface area contributed by atoms with Gasteiger partial charge in [0.05, 0.1) is 0 Å². The van der Waals surface area contributed by atoms with Gasteiger partial charge in [-0.15, -0.1) is 0 Å². The molecule has 0 fully saturated rings. The van der Waals surface area contributed by atoms with Crippen molar-refractivity contribution in [3.63, 3.8) is 0 Å². The Hall–Kier alpha value is -0.190. The topological polar surface area (TPSA) is 74.6 Å². The maximum absolute atomic E-state index is 9.43. The maximum atomic E-state index is 9.43. The van der Waals surface area contributed by atoms with Crippen molar-refractivity contribution in [3.8, 4) is 0 Å². The zero-order valence-electron chi connectivity index (χ0n) is 3.92. The summed E-state index contributed by atoms with van der Waals surface area (Å²) in [5.74, 6) is -2.62. The quantitative estimate of drug-likeness (QED) is 0.531. The SMILES string of the molecule is O=C(O)CC(=O)O.[Hf]. The molecule has 0 heterocycles. The minimum Gasteiger partial charge on any atom is -0.481 e. The van der Waals surface area contributed by atoms with Crippen LogP contribution in [-0.2, 0) is 35.4 Å². The van der Waals surface area contributed by atoms with Crippen molar-refractivity contribution in [1.82, 2.24) is 0 Å². The van der Waals surface area contributed by atoms with E-state index in [1.165, 1.54) is 0 Å². The van der Waals surface area contributed by atoms with Crippen molar-refractivity contribution in [2.45, 2.75) is 6.42 Å². The number of aliphatic carboxylic acids is 2. The molecule has 0 radical (unpaired) electrons. The van der Waals surface area contributed by atoms with E-state index in [9.17, 15) is 9.59 Å². The van der Waals surface area contributed by atoms with Crippen LogP contribution >= 0.6 is 0 Å². The molecule has 0 atom stereocenters. The zero-order valence-corrected chi connectivity index (χ0v) is 7.51. The van der Waals surface area contributed by atoms with E-state index >= 15 is 0 Å². The normalized spacial score (nSPS) is 7.00. The van der Waals surface area contributed by atoms with Gasteiger partial charge in [0.1, 0.15) is 6.42 Å². The summed E-state index contributed by atoms with van der Waals surface area (Å²) in [5.41, 5.74) is 0. The van der Waals surface area contributed by atoms with Crippen LogP contribution in [0.15, 0.2) is 0 Å². The first-order valence-corrected chi connectivity index (χ1v) is 1.56. The molecule has 8 heavy (non-hydrogen) atoms. The second-order valence-electron chi connectivity index (χ2n) is 0.964. The van der Waals surface area contributed by atoms with Crippen molar-refractivity contribution in [3.05, 3.63) is 0 Å². The molecule has 4 nitrogen and oxygen atoms in total. The summed E-state index contributed by atoms with van der Waals surface area (Å²) in [6, 6.07) is 0. The molecule has 0 amide bonds. The van der Waals surface area contributed by atoms with Gasteiger partial charge < -0.3 is 10.2 Å². The van der Waals surface area contributed by atoms with Gasteiger partial charge in [-0.25, -0.2) is 0 Å². The van der Waals surface area contributed by atoms with E-state index in [-0.39, 0.29) is 25.8 Å². The van der Waals surface area contributed by atoms with Gasteiger partial charge in [-0.05, 0) is 0 Å². The van der Waals surface area contributed by atoms with Crippen LogP contribution in [0.3, 0.4) is 0 Å². The fraction of sp³-hybridized carbons (Fsp3) is 0.333. The van der Waals surface area contributed by atoms with Gasteiger partial charge in [0.2, 0.25) is 0 Å². The zero-order chi connectivity index (χ0) is 5.86. The van der Waals surface area contributed by atoms with Crippen molar-refractivity contribution >= 4 is 11.9 Å². The summed E-state index contributed by atoms with van der Waals surface area (Å²) in [6.45, 7) is 0. The molecule has 0 saturated carbocycles. The minimum atomic E-state index is -1.31. The first kappa shape index (κ1) is 10.7. The van der Waals surface area contributed by atoms with Gasteiger partial charge in [0.25, 0.3) is 0 Å². The molecule has 0 aromatic heterocycles. The predicted octanol–water partition coefficient (Wildman–Crippen LogP) is -0.457. The van der Waals surface area contributed by atoms with Crippen molar-refractivity contribution in [2.75, 3.05) is 0 Å². The van der Waals surface area contributed by atoms with E-state index in [0.717, 1.165) is 0 Å². The fourth-order valence-corrected chi connectivity index (χ4v) is 0.129. The summed E-state index contributed by atoms with van der Waals surface area (Å²) >= 11 is 0. The van der Waals surface area contributed by atoms with Gasteiger partial charge in [0, 0.05) is 25.8 Å². The largest absolute Gasteiger partial charge is 0.481 e. The molecule has 0 rings (SSSR count). The standard InChI is InChI=1S/C3H4O4.Hf/c4-2(5)1-3(6)7;/h1H2,(H,4,5)(H,6,7);. The Bertz CT molecular complexity index is 87.5. The van der Waals surface area contributed by atoms with Crippen molar-refractivity contribution < 1.29 is 45.6 Å². The van der Waals surface area contributed by atoms with E-state index in [4.69, 9.17) is 10.2 Å². The van der Waals surface area contributed by atoms with E-state index in [1.54, 1.807) is 0 Å². The second-order valence-corrected chi connectivity index (χ2v) is 0.964.